The van der Waals surface area contributed by atoms with Crippen molar-refractivity contribution in [3.8, 4) is 27.7 Å². The van der Waals surface area contributed by atoms with Gasteiger partial charge in [0.25, 0.3) is 0 Å². The van der Waals surface area contributed by atoms with Crippen molar-refractivity contribution in [1.29, 1.82) is 0 Å². The number of amides is 2. The maximum atomic E-state index is 13.7. The number of ether oxygens (including phenoxy) is 1. The molecule has 0 radical (unpaired) electrons. The number of phenols is 2. The van der Waals surface area contributed by atoms with Gasteiger partial charge in [-0.2, -0.15) is 0 Å². The van der Waals surface area contributed by atoms with Crippen LogP contribution in [0.25, 0.3) is 20.5 Å². The number of carbonyl (C=O) groups is 2. The second kappa shape index (κ2) is 11.6. The summed E-state index contributed by atoms with van der Waals surface area (Å²) in [4.78, 5) is 26.5. The number of hydrogen-bond donors (Lipinski definition) is 4. The quantitative estimate of drug-likeness (QED) is 0.160. The van der Waals surface area contributed by atoms with Crippen molar-refractivity contribution in [2.24, 2.45) is 0 Å². The van der Waals surface area contributed by atoms with Crippen molar-refractivity contribution in [3.63, 3.8) is 0 Å². The lowest BCUT2D eigenvalue weighted by atomic mass is 9.96. The summed E-state index contributed by atoms with van der Waals surface area (Å²) >= 11 is 1.42. The molecule has 3 aromatic carbocycles. The van der Waals surface area contributed by atoms with E-state index in [4.69, 9.17) is 4.74 Å². The van der Waals surface area contributed by atoms with Gasteiger partial charge in [-0.05, 0) is 85.1 Å². The van der Waals surface area contributed by atoms with Gasteiger partial charge in [0.05, 0.1) is 6.54 Å². The van der Waals surface area contributed by atoms with Crippen molar-refractivity contribution in [2.75, 3.05) is 13.2 Å². The van der Waals surface area contributed by atoms with Crippen LogP contribution in [-0.4, -0.2) is 41.2 Å². The van der Waals surface area contributed by atoms with Crippen LogP contribution in [0.15, 0.2) is 66.7 Å². The van der Waals surface area contributed by atoms with Crippen molar-refractivity contribution >= 4 is 33.2 Å². The highest BCUT2D eigenvalue weighted by atomic mass is 32.1. The second-order valence-electron chi connectivity index (χ2n) is 9.47. The number of hydrogen-bond acceptors (Lipinski definition) is 6. The summed E-state index contributed by atoms with van der Waals surface area (Å²) in [7, 11) is 0. The zero-order chi connectivity index (χ0) is 26.5. The monoisotopic (exact) mass is 530 g/mol. The third kappa shape index (κ3) is 5.92. The van der Waals surface area contributed by atoms with Crippen LogP contribution in [-0.2, 0) is 0 Å². The lowest BCUT2D eigenvalue weighted by molar-refractivity contribution is 0.104. The Morgan fingerprint density at radius 1 is 0.895 bits per heavy atom. The van der Waals surface area contributed by atoms with Gasteiger partial charge in [0.2, 0.25) is 0 Å². The van der Waals surface area contributed by atoms with Gasteiger partial charge in [0, 0.05) is 32.1 Å². The minimum Gasteiger partial charge on any atom is -0.508 e. The summed E-state index contributed by atoms with van der Waals surface area (Å²) in [6, 6.07) is 18.8. The fourth-order valence-electron chi connectivity index (χ4n) is 4.79. The largest absolute Gasteiger partial charge is 0.508 e. The zero-order valence-corrected chi connectivity index (χ0v) is 21.7. The third-order valence-corrected chi connectivity index (χ3v) is 7.95. The van der Waals surface area contributed by atoms with Crippen LogP contribution in [0, 0.1) is 0 Å². The Kier molecular flexibility index (Phi) is 7.79. The molecule has 7 nitrogen and oxygen atoms in total. The number of phenolic OH excluding ortho intramolecular Hbond substituents is 2. The number of carbonyl (C=O) groups excluding carboxylic acids is 2. The number of nitrogens with one attached hydrogen (secondary N) is 2. The normalized spacial score (nSPS) is 13.8. The van der Waals surface area contributed by atoms with E-state index in [-0.39, 0.29) is 29.4 Å². The molecular weight excluding hydrogens is 500 g/mol. The topological polar surface area (TPSA) is 108 Å². The van der Waals surface area contributed by atoms with Crippen molar-refractivity contribution < 1.29 is 24.5 Å². The summed E-state index contributed by atoms with van der Waals surface area (Å²) in [5, 5.41) is 26.3. The molecule has 1 saturated carbocycles. The summed E-state index contributed by atoms with van der Waals surface area (Å²) in [6.07, 6.45) is 5.64. The molecule has 196 valence electrons. The van der Waals surface area contributed by atoms with Crippen LogP contribution in [0.1, 0.15) is 48.0 Å². The second-order valence-corrected chi connectivity index (χ2v) is 10.5. The Balaban J connectivity index is 1.25. The Morgan fingerprint density at radius 2 is 1.61 bits per heavy atom. The van der Waals surface area contributed by atoms with Crippen LogP contribution in [0.2, 0.25) is 0 Å². The van der Waals surface area contributed by atoms with E-state index in [1.165, 1.54) is 17.8 Å². The van der Waals surface area contributed by atoms with Crippen molar-refractivity contribution in [1.82, 2.24) is 10.6 Å². The highest BCUT2D eigenvalue weighted by molar-refractivity contribution is 7.22. The average molecular weight is 531 g/mol. The van der Waals surface area contributed by atoms with E-state index >= 15 is 0 Å². The molecule has 5 rings (SSSR count). The molecule has 0 unspecified atom stereocenters. The summed E-state index contributed by atoms with van der Waals surface area (Å²) < 4.78 is 6.56. The van der Waals surface area contributed by atoms with Crippen molar-refractivity contribution in [2.45, 2.75) is 38.1 Å². The first-order valence-electron chi connectivity index (χ1n) is 12.8. The molecule has 0 atom stereocenters. The van der Waals surface area contributed by atoms with Crippen molar-refractivity contribution in [3.05, 3.63) is 77.9 Å². The van der Waals surface area contributed by atoms with E-state index in [2.05, 4.69) is 10.6 Å². The number of aromatic hydroxyl groups is 2. The molecular formula is C30H30N2O5S. The fraction of sp³-hybridized carbons (Fsp3) is 0.267. The maximum absolute atomic E-state index is 13.7. The highest BCUT2D eigenvalue weighted by Gasteiger charge is 2.22. The third-order valence-electron chi connectivity index (χ3n) is 6.74. The van der Waals surface area contributed by atoms with Crippen LogP contribution >= 0.6 is 11.3 Å². The number of urea groups is 1. The molecule has 4 aromatic rings. The summed E-state index contributed by atoms with van der Waals surface area (Å²) in [5.74, 6) is 0.751. The molecule has 1 aromatic heterocycles. The van der Waals surface area contributed by atoms with Gasteiger partial charge in [0.15, 0.2) is 5.78 Å². The fourth-order valence-corrected chi connectivity index (χ4v) is 6.03. The van der Waals surface area contributed by atoms with Crippen LogP contribution in [0.3, 0.4) is 0 Å². The predicted molar refractivity (Wildman–Crippen MR) is 149 cm³/mol. The average Bonchev–Trinajstić information content (AvgIpc) is 3.30. The number of rotatable bonds is 8. The zero-order valence-electron chi connectivity index (χ0n) is 20.9. The Hall–Kier alpha value is -4.04. The summed E-state index contributed by atoms with van der Waals surface area (Å²) in [5.41, 5.74) is 1.87. The van der Waals surface area contributed by atoms with E-state index in [0.717, 1.165) is 46.2 Å². The number of ketones is 1. The Labute approximate surface area is 225 Å². The first-order chi connectivity index (χ1) is 18.5. The Morgan fingerprint density at radius 3 is 2.34 bits per heavy atom. The molecule has 1 aliphatic rings. The van der Waals surface area contributed by atoms with Crippen LogP contribution in [0.5, 0.6) is 17.2 Å². The van der Waals surface area contributed by atoms with E-state index in [1.807, 2.05) is 0 Å². The molecule has 1 fully saturated rings. The van der Waals surface area contributed by atoms with Gasteiger partial charge in [-0.15, -0.1) is 11.3 Å². The summed E-state index contributed by atoms with van der Waals surface area (Å²) in [6.45, 7) is 0.692. The smallest absolute Gasteiger partial charge is 0.315 e. The lowest BCUT2D eigenvalue weighted by Crippen LogP contribution is -2.44. The minimum atomic E-state index is -0.165. The standard InChI is InChI=1S/C30H30N2O5S/c33-22-10-6-20(7-11-22)29-27(25-15-12-23(34)18-26(25)38-29)28(35)19-8-13-24(14-9-19)37-17-16-31-30(36)32-21-4-2-1-3-5-21/h6-15,18,21,33-34H,1-5,16-17H2,(H2,31,32,36). The van der Waals surface area contributed by atoms with E-state index in [9.17, 15) is 19.8 Å². The van der Waals surface area contributed by atoms with Gasteiger partial charge in [0.1, 0.15) is 23.9 Å². The lowest BCUT2D eigenvalue weighted by Gasteiger charge is -2.22. The van der Waals surface area contributed by atoms with Gasteiger partial charge in [-0.3, -0.25) is 4.79 Å². The van der Waals surface area contributed by atoms with E-state index in [0.29, 0.717) is 30.0 Å². The molecule has 1 aliphatic carbocycles. The molecule has 4 N–H and O–H groups in total. The maximum Gasteiger partial charge on any atom is 0.315 e. The molecule has 38 heavy (non-hydrogen) atoms. The van der Waals surface area contributed by atoms with Gasteiger partial charge < -0.3 is 25.6 Å². The van der Waals surface area contributed by atoms with Gasteiger partial charge in [-0.1, -0.05) is 19.3 Å². The molecule has 8 heteroatoms. The molecule has 0 aliphatic heterocycles. The van der Waals surface area contributed by atoms with Crippen LogP contribution < -0.4 is 15.4 Å². The highest BCUT2D eigenvalue weighted by Crippen LogP contribution is 2.41. The molecule has 0 saturated heterocycles. The minimum absolute atomic E-state index is 0.137. The number of benzene rings is 3. The molecule has 0 spiro atoms. The number of thiophene rings is 1. The van der Waals surface area contributed by atoms with Crippen LogP contribution in [0.4, 0.5) is 4.79 Å². The van der Waals surface area contributed by atoms with E-state index in [1.54, 1.807) is 66.7 Å². The SMILES string of the molecule is O=C(NCCOc1ccc(C(=O)c2c(-c3ccc(O)cc3)sc3cc(O)ccc23)cc1)NC1CCCCC1. The van der Waals surface area contributed by atoms with Gasteiger partial charge >= 0.3 is 6.03 Å². The molecule has 0 bridgehead atoms. The first-order valence-corrected chi connectivity index (χ1v) is 13.7. The van der Waals surface area contributed by atoms with Gasteiger partial charge in [-0.25, -0.2) is 4.79 Å². The molecule has 2 amide bonds. The predicted octanol–water partition coefficient (Wildman–Crippen LogP) is 6.22. The Bertz CT molecular complexity index is 1420. The first kappa shape index (κ1) is 25.6. The number of fused-ring (bicyclic) bond motifs is 1. The molecule has 1 heterocycles. The van der Waals surface area contributed by atoms with E-state index < -0.39 is 0 Å².